The van der Waals surface area contributed by atoms with E-state index in [4.69, 9.17) is 0 Å². The van der Waals surface area contributed by atoms with Crippen LogP contribution in [0.15, 0.2) is 48.7 Å². The Morgan fingerprint density at radius 2 is 1.68 bits per heavy atom. The van der Waals surface area contributed by atoms with E-state index in [1.165, 1.54) is 5.56 Å². The minimum Gasteiger partial charge on any atom is -0.367 e. The molecular formula is C21H29N3O. The van der Waals surface area contributed by atoms with Crippen LogP contribution < -0.4 is 4.90 Å². The molecule has 0 fully saturated rings. The van der Waals surface area contributed by atoms with E-state index in [9.17, 15) is 4.79 Å². The Bertz CT molecular complexity index is 651. The van der Waals surface area contributed by atoms with Crippen molar-refractivity contribution in [1.82, 2.24) is 9.88 Å². The van der Waals surface area contributed by atoms with Crippen molar-refractivity contribution in [3.05, 3.63) is 59.9 Å². The number of benzene rings is 1. The highest BCUT2D eigenvalue weighted by molar-refractivity contribution is 5.93. The van der Waals surface area contributed by atoms with E-state index in [-0.39, 0.29) is 5.91 Å². The second-order valence-electron chi connectivity index (χ2n) is 6.19. The number of anilines is 1. The van der Waals surface area contributed by atoms with Crippen molar-refractivity contribution < 1.29 is 4.79 Å². The molecule has 1 amide bonds. The van der Waals surface area contributed by atoms with Crippen LogP contribution in [-0.4, -0.2) is 35.4 Å². The minimum atomic E-state index is 0.0290. The average molecular weight is 339 g/mol. The Morgan fingerprint density at radius 1 is 1.00 bits per heavy atom. The van der Waals surface area contributed by atoms with Crippen LogP contribution in [0.1, 0.15) is 49.7 Å². The van der Waals surface area contributed by atoms with Gasteiger partial charge in [-0.15, -0.1) is 0 Å². The Balaban J connectivity index is 2.19. The summed E-state index contributed by atoms with van der Waals surface area (Å²) in [5, 5.41) is 0. The van der Waals surface area contributed by atoms with Crippen LogP contribution in [0.3, 0.4) is 0 Å². The second-order valence-corrected chi connectivity index (χ2v) is 6.19. The summed E-state index contributed by atoms with van der Waals surface area (Å²) in [7, 11) is 0. The molecule has 134 valence electrons. The molecule has 0 saturated carbocycles. The second kappa shape index (κ2) is 9.82. The van der Waals surface area contributed by atoms with E-state index in [0.717, 1.165) is 44.7 Å². The number of pyridine rings is 1. The molecule has 1 aromatic heterocycles. The van der Waals surface area contributed by atoms with Crippen molar-refractivity contribution in [3.8, 4) is 0 Å². The fourth-order valence-corrected chi connectivity index (χ4v) is 2.94. The van der Waals surface area contributed by atoms with Crippen molar-refractivity contribution in [2.75, 3.05) is 24.5 Å². The van der Waals surface area contributed by atoms with Crippen molar-refractivity contribution >= 4 is 11.6 Å². The predicted octanol–water partition coefficient (Wildman–Crippen LogP) is 4.37. The third-order valence-electron chi connectivity index (χ3n) is 4.20. The first kappa shape index (κ1) is 19.0. The summed E-state index contributed by atoms with van der Waals surface area (Å²) in [6, 6.07) is 14.3. The van der Waals surface area contributed by atoms with E-state index < -0.39 is 0 Å². The highest BCUT2D eigenvalue weighted by Gasteiger charge is 2.17. The molecule has 0 N–H and O–H groups in total. The lowest BCUT2D eigenvalue weighted by atomic mass is 10.2. The highest BCUT2D eigenvalue weighted by Crippen LogP contribution is 2.18. The van der Waals surface area contributed by atoms with E-state index in [1.54, 1.807) is 6.20 Å². The van der Waals surface area contributed by atoms with Crippen LogP contribution in [0.25, 0.3) is 0 Å². The van der Waals surface area contributed by atoms with Gasteiger partial charge in [0.25, 0.3) is 5.91 Å². The Labute approximate surface area is 151 Å². The molecule has 4 heteroatoms. The first-order chi connectivity index (χ1) is 12.2. The zero-order valence-corrected chi connectivity index (χ0v) is 15.6. The standard InChI is InChI=1S/C21H29N3O/c1-4-14-24(15-5-2)21(25)20-16-19(12-13-22-20)23(6-3)17-18-10-8-7-9-11-18/h7-13,16H,4-6,14-15,17H2,1-3H3. The summed E-state index contributed by atoms with van der Waals surface area (Å²) in [6.45, 7) is 9.57. The SMILES string of the molecule is CCCN(CCC)C(=O)c1cc(N(CC)Cc2ccccc2)ccn1. The molecule has 0 aliphatic carbocycles. The van der Waals surface area contributed by atoms with Gasteiger partial charge in [0.15, 0.2) is 0 Å². The highest BCUT2D eigenvalue weighted by atomic mass is 16.2. The molecular weight excluding hydrogens is 310 g/mol. The van der Waals surface area contributed by atoms with Gasteiger partial charge in [-0.05, 0) is 37.5 Å². The fraction of sp³-hybridized carbons (Fsp3) is 0.429. The number of rotatable bonds is 9. The molecule has 0 aliphatic heterocycles. The van der Waals surface area contributed by atoms with Gasteiger partial charge in [0.1, 0.15) is 5.69 Å². The maximum absolute atomic E-state index is 12.8. The molecule has 4 nitrogen and oxygen atoms in total. The summed E-state index contributed by atoms with van der Waals surface area (Å²) in [5.41, 5.74) is 2.83. The maximum atomic E-state index is 12.8. The Hall–Kier alpha value is -2.36. The predicted molar refractivity (Wildman–Crippen MR) is 104 cm³/mol. The summed E-state index contributed by atoms with van der Waals surface area (Å²) in [4.78, 5) is 21.3. The molecule has 0 saturated heterocycles. The number of carbonyl (C=O) groups is 1. The van der Waals surface area contributed by atoms with Crippen molar-refractivity contribution in [1.29, 1.82) is 0 Å². The van der Waals surface area contributed by atoms with Crippen LogP contribution in [0.4, 0.5) is 5.69 Å². The van der Waals surface area contributed by atoms with Crippen molar-refractivity contribution in [2.45, 2.75) is 40.2 Å². The van der Waals surface area contributed by atoms with Gasteiger partial charge in [-0.3, -0.25) is 9.78 Å². The maximum Gasteiger partial charge on any atom is 0.272 e. The van der Waals surface area contributed by atoms with Gasteiger partial charge in [0.2, 0.25) is 0 Å². The molecule has 1 heterocycles. The van der Waals surface area contributed by atoms with Crippen LogP contribution in [0.2, 0.25) is 0 Å². The van der Waals surface area contributed by atoms with Gasteiger partial charge in [0.05, 0.1) is 0 Å². The summed E-state index contributed by atoms with van der Waals surface area (Å²) < 4.78 is 0. The first-order valence-electron chi connectivity index (χ1n) is 9.23. The smallest absolute Gasteiger partial charge is 0.272 e. The fourth-order valence-electron chi connectivity index (χ4n) is 2.94. The number of amides is 1. The molecule has 0 bridgehead atoms. The lowest BCUT2D eigenvalue weighted by Crippen LogP contribution is -2.33. The van der Waals surface area contributed by atoms with Gasteiger partial charge in [-0.2, -0.15) is 0 Å². The third-order valence-corrected chi connectivity index (χ3v) is 4.20. The van der Waals surface area contributed by atoms with E-state index in [0.29, 0.717) is 5.69 Å². The largest absolute Gasteiger partial charge is 0.367 e. The summed E-state index contributed by atoms with van der Waals surface area (Å²) >= 11 is 0. The lowest BCUT2D eigenvalue weighted by molar-refractivity contribution is 0.0749. The zero-order valence-electron chi connectivity index (χ0n) is 15.6. The van der Waals surface area contributed by atoms with Gasteiger partial charge in [-0.1, -0.05) is 44.2 Å². The molecule has 0 spiro atoms. The molecule has 0 unspecified atom stereocenters. The normalized spacial score (nSPS) is 10.5. The average Bonchev–Trinajstić information content (AvgIpc) is 2.66. The van der Waals surface area contributed by atoms with Crippen LogP contribution >= 0.6 is 0 Å². The molecule has 0 atom stereocenters. The van der Waals surface area contributed by atoms with E-state index in [2.05, 4.69) is 54.9 Å². The van der Waals surface area contributed by atoms with E-state index >= 15 is 0 Å². The van der Waals surface area contributed by atoms with Crippen LogP contribution in [-0.2, 0) is 6.54 Å². The number of hydrogen-bond donors (Lipinski definition) is 0. The number of aromatic nitrogens is 1. The van der Waals surface area contributed by atoms with Crippen molar-refractivity contribution in [3.63, 3.8) is 0 Å². The zero-order chi connectivity index (χ0) is 18.1. The molecule has 1 aromatic carbocycles. The van der Waals surface area contributed by atoms with E-state index in [1.807, 2.05) is 23.1 Å². The molecule has 25 heavy (non-hydrogen) atoms. The molecule has 0 radical (unpaired) electrons. The lowest BCUT2D eigenvalue weighted by Gasteiger charge is -2.25. The van der Waals surface area contributed by atoms with Crippen molar-refractivity contribution in [2.24, 2.45) is 0 Å². The topological polar surface area (TPSA) is 36.4 Å². The summed E-state index contributed by atoms with van der Waals surface area (Å²) in [5.74, 6) is 0.0290. The summed E-state index contributed by atoms with van der Waals surface area (Å²) in [6.07, 6.45) is 3.66. The Morgan fingerprint density at radius 3 is 2.28 bits per heavy atom. The number of nitrogens with zero attached hydrogens (tertiary/aromatic N) is 3. The molecule has 0 aliphatic rings. The van der Waals surface area contributed by atoms with Gasteiger partial charge >= 0.3 is 0 Å². The van der Waals surface area contributed by atoms with Crippen LogP contribution in [0, 0.1) is 0 Å². The van der Waals surface area contributed by atoms with Crippen LogP contribution in [0.5, 0.6) is 0 Å². The quantitative estimate of drug-likeness (QED) is 0.680. The van der Waals surface area contributed by atoms with Gasteiger partial charge in [0, 0.05) is 38.1 Å². The third kappa shape index (κ3) is 5.31. The molecule has 2 aromatic rings. The number of carbonyl (C=O) groups excluding carboxylic acids is 1. The Kier molecular flexibility index (Phi) is 7.45. The van der Waals surface area contributed by atoms with Gasteiger partial charge < -0.3 is 9.80 Å². The monoisotopic (exact) mass is 339 g/mol. The first-order valence-corrected chi connectivity index (χ1v) is 9.23. The molecule has 2 rings (SSSR count). The number of hydrogen-bond acceptors (Lipinski definition) is 3. The minimum absolute atomic E-state index is 0.0290. The van der Waals surface area contributed by atoms with Gasteiger partial charge in [-0.25, -0.2) is 0 Å².